The van der Waals surface area contributed by atoms with Crippen molar-refractivity contribution in [3.8, 4) is 0 Å². The molecule has 2 heterocycles. The highest BCUT2D eigenvalue weighted by Crippen LogP contribution is 2.28. The maximum absolute atomic E-state index is 12.3. The van der Waals surface area contributed by atoms with Gasteiger partial charge < -0.3 is 9.64 Å². The van der Waals surface area contributed by atoms with Crippen LogP contribution in [0.1, 0.15) is 28.5 Å². The number of hydrogen-bond acceptors (Lipinski definition) is 6. The van der Waals surface area contributed by atoms with Crippen molar-refractivity contribution in [3.63, 3.8) is 0 Å². The topological polar surface area (TPSA) is 72.4 Å². The number of esters is 1. The molecule has 0 saturated carbocycles. The first kappa shape index (κ1) is 17.0. The van der Waals surface area contributed by atoms with Crippen LogP contribution >= 0.6 is 11.3 Å². The highest BCUT2D eigenvalue weighted by molar-refractivity contribution is 7.18. The predicted molar refractivity (Wildman–Crippen MR) is 95.3 cm³/mol. The first-order valence-corrected chi connectivity index (χ1v) is 8.57. The molecule has 0 aliphatic rings. The smallest absolute Gasteiger partial charge is 0.357 e. The SMILES string of the molecule is C[C@H](c1nc2ccccc2s1)N(C)C(=O)COC(=O)c1ccccn1. The number of carbonyl (C=O) groups excluding carboxylic acids is 2. The summed E-state index contributed by atoms with van der Waals surface area (Å²) in [6, 6.07) is 12.6. The molecule has 0 aliphatic carbocycles. The maximum Gasteiger partial charge on any atom is 0.357 e. The second-order valence-corrected chi connectivity index (χ2v) is 6.55. The van der Waals surface area contributed by atoms with E-state index in [9.17, 15) is 9.59 Å². The summed E-state index contributed by atoms with van der Waals surface area (Å²) in [7, 11) is 1.67. The van der Waals surface area contributed by atoms with E-state index in [2.05, 4.69) is 9.97 Å². The lowest BCUT2D eigenvalue weighted by atomic mass is 10.3. The summed E-state index contributed by atoms with van der Waals surface area (Å²) in [5.41, 5.74) is 1.09. The van der Waals surface area contributed by atoms with Gasteiger partial charge in [-0.3, -0.25) is 4.79 Å². The number of pyridine rings is 1. The lowest BCUT2D eigenvalue weighted by Gasteiger charge is -2.23. The molecule has 0 radical (unpaired) electrons. The average molecular weight is 355 g/mol. The Bertz CT molecular complexity index is 862. The van der Waals surface area contributed by atoms with Gasteiger partial charge in [0.05, 0.1) is 16.3 Å². The van der Waals surface area contributed by atoms with Crippen molar-refractivity contribution < 1.29 is 14.3 Å². The Morgan fingerprint density at radius 2 is 1.96 bits per heavy atom. The van der Waals surface area contributed by atoms with E-state index in [1.54, 1.807) is 36.6 Å². The van der Waals surface area contributed by atoms with Crippen LogP contribution in [0.2, 0.25) is 0 Å². The van der Waals surface area contributed by atoms with Crippen LogP contribution < -0.4 is 0 Å². The molecule has 6 nitrogen and oxygen atoms in total. The molecule has 128 valence electrons. The molecule has 0 unspecified atom stereocenters. The third-order valence-corrected chi connectivity index (χ3v) is 5.05. The van der Waals surface area contributed by atoms with Gasteiger partial charge in [0.25, 0.3) is 5.91 Å². The average Bonchev–Trinajstić information content (AvgIpc) is 3.09. The second-order valence-electron chi connectivity index (χ2n) is 5.49. The third kappa shape index (κ3) is 3.83. The summed E-state index contributed by atoms with van der Waals surface area (Å²) in [6.07, 6.45) is 1.50. The van der Waals surface area contributed by atoms with Gasteiger partial charge in [-0.05, 0) is 31.2 Å². The molecular formula is C18H17N3O3S. The van der Waals surface area contributed by atoms with Gasteiger partial charge in [0, 0.05) is 13.2 Å². The second kappa shape index (κ2) is 7.40. The minimum absolute atomic E-state index is 0.178. The predicted octanol–water partition coefficient (Wildman–Crippen LogP) is 3.07. The number of ether oxygens (including phenoxy) is 1. The molecule has 25 heavy (non-hydrogen) atoms. The summed E-state index contributed by atoms with van der Waals surface area (Å²) in [5.74, 6) is -0.911. The Morgan fingerprint density at radius 3 is 2.68 bits per heavy atom. The molecule has 0 aliphatic heterocycles. The molecule has 1 amide bonds. The normalized spacial score (nSPS) is 11.9. The van der Waals surface area contributed by atoms with Gasteiger partial charge in [-0.25, -0.2) is 14.8 Å². The molecule has 2 aromatic heterocycles. The van der Waals surface area contributed by atoms with Crippen LogP contribution in [0.4, 0.5) is 0 Å². The van der Waals surface area contributed by atoms with Gasteiger partial charge in [-0.15, -0.1) is 11.3 Å². The minimum atomic E-state index is -0.616. The molecule has 0 bridgehead atoms. The van der Waals surface area contributed by atoms with Crippen LogP contribution in [-0.4, -0.2) is 40.4 Å². The number of para-hydroxylation sites is 1. The van der Waals surface area contributed by atoms with Crippen molar-refractivity contribution in [1.82, 2.24) is 14.9 Å². The minimum Gasteiger partial charge on any atom is -0.451 e. The van der Waals surface area contributed by atoms with Crippen molar-refractivity contribution in [2.75, 3.05) is 13.7 Å². The van der Waals surface area contributed by atoms with Crippen LogP contribution in [0.25, 0.3) is 10.2 Å². The van der Waals surface area contributed by atoms with Gasteiger partial charge in [-0.2, -0.15) is 0 Å². The number of fused-ring (bicyclic) bond motifs is 1. The molecule has 0 N–H and O–H groups in total. The fourth-order valence-corrected chi connectivity index (χ4v) is 3.30. The standard InChI is InChI=1S/C18H17N3O3S/c1-12(17-20-13-7-3-4-9-15(13)25-17)21(2)16(22)11-24-18(23)14-8-5-6-10-19-14/h3-10,12H,11H2,1-2H3/t12-/m1/s1. The zero-order chi connectivity index (χ0) is 17.8. The molecule has 1 aromatic carbocycles. The quantitative estimate of drug-likeness (QED) is 0.658. The van der Waals surface area contributed by atoms with Crippen molar-refractivity contribution in [2.45, 2.75) is 13.0 Å². The Balaban J connectivity index is 1.62. The number of aromatic nitrogens is 2. The van der Waals surface area contributed by atoms with Crippen LogP contribution in [-0.2, 0) is 9.53 Å². The molecule has 0 saturated heterocycles. The summed E-state index contributed by atoms with van der Waals surface area (Å²) in [4.78, 5) is 34.2. The Kier molecular flexibility index (Phi) is 5.04. The van der Waals surface area contributed by atoms with Gasteiger partial charge in [0.1, 0.15) is 10.7 Å². The first-order chi connectivity index (χ1) is 12.1. The number of carbonyl (C=O) groups is 2. The van der Waals surface area contributed by atoms with Crippen LogP contribution in [0, 0.1) is 0 Å². The fourth-order valence-electron chi connectivity index (χ4n) is 2.24. The molecule has 0 fully saturated rings. The van der Waals surface area contributed by atoms with E-state index in [-0.39, 0.29) is 24.2 Å². The monoisotopic (exact) mass is 355 g/mol. The van der Waals surface area contributed by atoms with Crippen molar-refractivity contribution in [3.05, 3.63) is 59.4 Å². The summed E-state index contributed by atoms with van der Waals surface area (Å²) < 4.78 is 6.12. The first-order valence-electron chi connectivity index (χ1n) is 7.75. The summed E-state index contributed by atoms with van der Waals surface area (Å²) >= 11 is 1.55. The zero-order valence-electron chi connectivity index (χ0n) is 13.9. The van der Waals surface area contributed by atoms with Crippen molar-refractivity contribution in [1.29, 1.82) is 0 Å². The van der Waals surface area contributed by atoms with Crippen molar-refractivity contribution in [2.24, 2.45) is 0 Å². The molecular weight excluding hydrogens is 338 g/mol. The molecule has 7 heteroatoms. The van der Waals surface area contributed by atoms with Gasteiger partial charge in [0.15, 0.2) is 6.61 Å². The van der Waals surface area contributed by atoms with E-state index in [0.29, 0.717) is 0 Å². The Hall–Kier alpha value is -2.80. The maximum atomic E-state index is 12.3. The summed E-state index contributed by atoms with van der Waals surface area (Å²) in [6.45, 7) is 1.57. The lowest BCUT2D eigenvalue weighted by Crippen LogP contribution is -2.33. The highest BCUT2D eigenvalue weighted by atomic mass is 32.1. The largest absolute Gasteiger partial charge is 0.451 e. The van der Waals surface area contributed by atoms with E-state index in [4.69, 9.17) is 4.74 Å². The zero-order valence-corrected chi connectivity index (χ0v) is 14.7. The number of likely N-dealkylation sites (N-methyl/N-ethyl adjacent to an activating group) is 1. The number of nitrogens with zero attached hydrogens (tertiary/aromatic N) is 3. The highest BCUT2D eigenvalue weighted by Gasteiger charge is 2.22. The molecule has 1 atom stereocenters. The molecule has 3 rings (SSSR count). The van der Waals surface area contributed by atoms with Gasteiger partial charge in [0.2, 0.25) is 0 Å². The number of amides is 1. The third-order valence-electron chi connectivity index (χ3n) is 3.84. The van der Waals surface area contributed by atoms with Crippen LogP contribution in [0.15, 0.2) is 48.7 Å². The lowest BCUT2D eigenvalue weighted by molar-refractivity contribution is -0.135. The van der Waals surface area contributed by atoms with E-state index in [1.807, 2.05) is 31.2 Å². The van der Waals surface area contributed by atoms with Crippen LogP contribution in [0.5, 0.6) is 0 Å². The van der Waals surface area contributed by atoms with E-state index in [0.717, 1.165) is 15.2 Å². The number of thiazole rings is 1. The molecule has 0 spiro atoms. The molecule has 3 aromatic rings. The number of benzene rings is 1. The van der Waals surface area contributed by atoms with E-state index < -0.39 is 5.97 Å². The van der Waals surface area contributed by atoms with E-state index >= 15 is 0 Å². The fraction of sp³-hybridized carbons (Fsp3) is 0.222. The van der Waals surface area contributed by atoms with Crippen molar-refractivity contribution >= 4 is 33.4 Å². The van der Waals surface area contributed by atoms with Gasteiger partial charge >= 0.3 is 5.97 Å². The van der Waals surface area contributed by atoms with Gasteiger partial charge in [-0.1, -0.05) is 18.2 Å². The number of hydrogen-bond donors (Lipinski definition) is 0. The Labute approximate surface area is 149 Å². The summed E-state index contributed by atoms with van der Waals surface area (Å²) in [5, 5.41) is 0.841. The van der Waals surface area contributed by atoms with E-state index in [1.165, 1.54) is 11.1 Å². The Morgan fingerprint density at radius 1 is 1.20 bits per heavy atom. The number of rotatable bonds is 5. The van der Waals surface area contributed by atoms with Crippen LogP contribution in [0.3, 0.4) is 0 Å².